The number of benzene rings is 7. The van der Waals surface area contributed by atoms with Crippen LogP contribution in [0.1, 0.15) is 63.8 Å². The zero-order valence-electron chi connectivity index (χ0n) is 33.9. The van der Waals surface area contributed by atoms with Crippen molar-refractivity contribution in [1.82, 2.24) is 0 Å². The fourth-order valence-corrected chi connectivity index (χ4v) is 12.5. The average molecular weight is 773 g/mol. The van der Waals surface area contributed by atoms with Crippen molar-refractivity contribution >= 4 is 120 Å². The molecule has 9 aromatic rings. The van der Waals surface area contributed by atoms with Crippen LogP contribution in [-0.4, -0.2) is 6.71 Å². The minimum absolute atomic E-state index is 0.0582. The highest BCUT2D eigenvalue weighted by atomic mass is 32.1. The fraction of sp³-hybridized carbons (Fsp3) is 0.192. The Morgan fingerprint density at radius 1 is 0.491 bits per heavy atom. The number of aryl methyl sites for hydroxylation is 2. The van der Waals surface area contributed by atoms with E-state index in [0.29, 0.717) is 0 Å². The molecular formula is C52H45BN2S2. The minimum atomic E-state index is 0.0582. The molecule has 0 unspecified atom stereocenters. The van der Waals surface area contributed by atoms with Crippen molar-refractivity contribution in [2.45, 2.75) is 66.2 Å². The number of anilines is 6. The Labute approximate surface area is 344 Å². The highest BCUT2D eigenvalue weighted by Crippen LogP contribution is 2.51. The first-order chi connectivity index (χ1) is 27.3. The first-order valence-corrected chi connectivity index (χ1v) is 21.8. The van der Waals surface area contributed by atoms with Gasteiger partial charge >= 0.3 is 0 Å². The lowest BCUT2D eigenvalue weighted by Gasteiger charge is -2.42. The molecule has 0 fully saturated rings. The van der Waals surface area contributed by atoms with Crippen molar-refractivity contribution in [3.8, 4) is 0 Å². The summed E-state index contributed by atoms with van der Waals surface area (Å²) >= 11 is 3.98. The van der Waals surface area contributed by atoms with Crippen LogP contribution >= 0.6 is 22.7 Å². The lowest BCUT2D eigenvalue weighted by Crippen LogP contribution is -2.59. The predicted molar refractivity (Wildman–Crippen MR) is 253 cm³/mol. The predicted octanol–water partition coefficient (Wildman–Crippen LogP) is 13.7. The summed E-state index contributed by atoms with van der Waals surface area (Å²) in [4.78, 5) is 5.23. The van der Waals surface area contributed by atoms with Crippen LogP contribution < -0.4 is 24.8 Å². The largest absolute Gasteiger partial charge is 0.310 e. The molecule has 0 saturated carbocycles. The molecule has 2 nitrogen and oxygen atoms in total. The second kappa shape index (κ2) is 12.1. The molecule has 4 heterocycles. The quantitative estimate of drug-likeness (QED) is 0.162. The smallest absolute Gasteiger partial charge is 0.277 e. The summed E-state index contributed by atoms with van der Waals surface area (Å²) in [5.41, 5.74) is 14.5. The van der Waals surface area contributed by atoms with E-state index >= 15 is 0 Å². The molecule has 0 atom stereocenters. The first kappa shape index (κ1) is 34.9. The Hall–Kier alpha value is -5.36. The topological polar surface area (TPSA) is 6.48 Å². The third-order valence-electron chi connectivity index (χ3n) is 12.4. The van der Waals surface area contributed by atoms with Crippen molar-refractivity contribution in [1.29, 1.82) is 0 Å². The average Bonchev–Trinajstić information content (AvgIpc) is 3.72. The summed E-state index contributed by atoms with van der Waals surface area (Å²) in [6.07, 6.45) is 0. The number of hydrogen-bond acceptors (Lipinski definition) is 4. The van der Waals surface area contributed by atoms with Gasteiger partial charge in [0.25, 0.3) is 6.71 Å². The summed E-state index contributed by atoms with van der Waals surface area (Å²) in [7, 11) is 0. The van der Waals surface area contributed by atoms with Gasteiger partial charge in [-0.2, -0.15) is 0 Å². The molecule has 2 aliphatic heterocycles. The van der Waals surface area contributed by atoms with Gasteiger partial charge in [-0.3, -0.25) is 0 Å². The molecule has 0 aliphatic carbocycles. The van der Waals surface area contributed by atoms with Gasteiger partial charge in [0.15, 0.2) is 0 Å². The Balaban J connectivity index is 1.27. The van der Waals surface area contributed by atoms with Crippen molar-refractivity contribution in [3.05, 3.63) is 150 Å². The molecular weight excluding hydrogens is 728 g/mol. The van der Waals surface area contributed by atoms with Gasteiger partial charge in [-0.05, 0) is 135 Å². The third kappa shape index (κ3) is 5.21. The Morgan fingerprint density at radius 2 is 0.965 bits per heavy atom. The third-order valence-corrected chi connectivity index (χ3v) is 14.8. The fourth-order valence-electron chi connectivity index (χ4n) is 9.75. The van der Waals surface area contributed by atoms with Crippen molar-refractivity contribution in [2.75, 3.05) is 9.80 Å². The van der Waals surface area contributed by atoms with Crippen LogP contribution in [0.15, 0.2) is 127 Å². The molecule has 57 heavy (non-hydrogen) atoms. The number of rotatable bonds is 2. The molecule has 11 rings (SSSR count). The number of thiophene rings is 2. The van der Waals surface area contributed by atoms with Gasteiger partial charge in [0.2, 0.25) is 0 Å². The van der Waals surface area contributed by atoms with E-state index < -0.39 is 0 Å². The van der Waals surface area contributed by atoms with Gasteiger partial charge in [0, 0.05) is 52.5 Å². The monoisotopic (exact) mass is 772 g/mol. The minimum Gasteiger partial charge on any atom is -0.310 e. The highest BCUT2D eigenvalue weighted by Gasteiger charge is 2.47. The van der Waals surface area contributed by atoms with E-state index in [-0.39, 0.29) is 17.5 Å². The summed E-state index contributed by atoms with van der Waals surface area (Å²) < 4.78 is 5.53. The van der Waals surface area contributed by atoms with E-state index in [1.807, 2.05) is 22.7 Å². The number of nitrogens with zero attached hydrogens (tertiary/aromatic N) is 2. The second-order valence-corrected chi connectivity index (χ2v) is 20.6. The number of hydrogen-bond donors (Lipinski definition) is 0. The van der Waals surface area contributed by atoms with Gasteiger partial charge in [-0.15, -0.1) is 22.7 Å². The summed E-state index contributed by atoms with van der Waals surface area (Å²) in [5.74, 6) is 0. The second-order valence-electron chi connectivity index (χ2n) is 18.4. The molecule has 278 valence electrons. The van der Waals surface area contributed by atoms with Crippen LogP contribution in [0.3, 0.4) is 0 Å². The zero-order chi connectivity index (χ0) is 39.1. The van der Waals surface area contributed by atoms with E-state index in [4.69, 9.17) is 0 Å². The molecule has 0 N–H and O–H groups in total. The van der Waals surface area contributed by atoms with E-state index in [1.165, 1.54) is 113 Å². The molecule has 2 aliphatic rings. The molecule has 0 spiro atoms. The molecule has 5 heteroatoms. The van der Waals surface area contributed by atoms with Crippen LogP contribution in [0.4, 0.5) is 34.1 Å². The highest BCUT2D eigenvalue weighted by molar-refractivity contribution is 7.40. The van der Waals surface area contributed by atoms with Gasteiger partial charge in [0.1, 0.15) is 0 Å². The van der Waals surface area contributed by atoms with Gasteiger partial charge in [0.05, 0.1) is 11.4 Å². The van der Waals surface area contributed by atoms with Crippen LogP contribution in [0, 0.1) is 13.8 Å². The van der Waals surface area contributed by atoms with Crippen LogP contribution in [-0.2, 0) is 10.8 Å². The molecule has 0 bridgehead atoms. The van der Waals surface area contributed by atoms with E-state index in [9.17, 15) is 0 Å². The maximum atomic E-state index is 2.62. The molecule has 7 aromatic carbocycles. The van der Waals surface area contributed by atoms with Crippen molar-refractivity contribution < 1.29 is 0 Å². The molecule has 0 radical (unpaired) electrons. The van der Waals surface area contributed by atoms with Crippen LogP contribution in [0.5, 0.6) is 0 Å². The van der Waals surface area contributed by atoms with Gasteiger partial charge in [-0.1, -0.05) is 108 Å². The maximum Gasteiger partial charge on any atom is 0.277 e. The molecule has 0 amide bonds. The van der Waals surface area contributed by atoms with Crippen molar-refractivity contribution in [2.24, 2.45) is 0 Å². The molecule has 0 saturated heterocycles. The van der Waals surface area contributed by atoms with Crippen LogP contribution in [0.25, 0.3) is 41.7 Å². The van der Waals surface area contributed by atoms with Gasteiger partial charge < -0.3 is 9.80 Å². The summed E-state index contributed by atoms with van der Waals surface area (Å²) in [6, 6.07) is 49.0. The first-order valence-electron chi connectivity index (χ1n) is 20.2. The van der Waals surface area contributed by atoms with Crippen molar-refractivity contribution in [3.63, 3.8) is 0 Å². The maximum absolute atomic E-state index is 2.62. The lowest BCUT2D eigenvalue weighted by atomic mass is 9.39. The normalized spacial score (nSPS) is 13.9. The van der Waals surface area contributed by atoms with E-state index in [1.54, 1.807) is 0 Å². The summed E-state index contributed by atoms with van der Waals surface area (Å²) in [6.45, 7) is 18.5. The van der Waals surface area contributed by atoms with Crippen LogP contribution in [0.2, 0.25) is 0 Å². The Morgan fingerprint density at radius 3 is 1.44 bits per heavy atom. The van der Waals surface area contributed by atoms with E-state index in [2.05, 4.69) is 193 Å². The number of fused-ring (bicyclic) bond motifs is 10. The summed E-state index contributed by atoms with van der Waals surface area (Å²) in [5, 5.41) is 7.79. The SMILES string of the molecule is Cc1cc2c3c(c1)N(c1ccc(C(C)(C)C)c(C)c1)c1c(sc4cc5ccccc5cc14)B3c1sc3cc4ccccc4cc3c1N2c1ccc(C(C)(C)C)cc1. The lowest BCUT2D eigenvalue weighted by molar-refractivity contribution is 0.586. The Bertz CT molecular complexity index is 3140. The van der Waals surface area contributed by atoms with Gasteiger partial charge in [-0.25, -0.2) is 0 Å². The molecule has 2 aromatic heterocycles. The Kier molecular flexibility index (Phi) is 7.39. The van der Waals surface area contributed by atoms with E-state index in [0.717, 1.165) is 0 Å². The standard InChI is InChI=1S/C52H45BN2S2/c1-30-23-42-46-43(24-30)55(38-21-22-41(31(2)25-38)52(6,7)8)48-40-27-33-14-10-12-16-35(33)29-45(40)57-50(48)53(46)49-47(54(42)37-19-17-36(18-20-37)51(3,4)5)39-26-32-13-9-11-15-34(32)28-44(39)56-49/h9-29H,1-8H3. The zero-order valence-corrected chi connectivity index (χ0v) is 35.5.